The molecule has 3 aromatic carbocycles. The molecule has 1 aromatic heterocycles. The van der Waals surface area contributed by atoms with Crippen LogP contribution in [0.4, 0.5) is 34.6 Å². The molecule has 0 aliphatic carbocycles. The smallest absolute Gasteiger partial charge is 0.378 e. The van der Waals surface area contributed by atoms with Crippen molar-refractivity contribution in [1.82, 2.24) is 4.57 Å². The van der Waals surface area contributed by atoms with E-state index in [1.54, 1.807) is 24.3 Å². The van der Waals surface area contributed by atoms with Gasteiger partial charge in [0, 0.05) is 36.3 Å². The van der Waals surface area contributed by atoms with Crippen molar-refractivity contribution in [3.05, 3.63) is 104 Å². The van der Waals surface area contributed by atoms with Crippen LogP contribution in [0.5, 0.6) is 0 Å². The Hall–Kier alpha value is -4.43. The summed E-state index contributed by atoms with van der Waals surface area (Å²) in [7, 11) is 3.69. The van der Waals surface area contributed by atoms with Gasteiger partial charge in [-0.15, -0.1) is 0 Å². The van der Waals surface area contributed by atoms with E-state index in [0.29, 0.717) is 21.0 Å². The Morgan fingerprint density at radius 3 is 2.24 bits per heavy atom. The molecular weight excluding hydrogens is 632 g/mol. The number of halogens is 4. The molecule has 45 heavy (non-hydrogen) atoms. The Labute approximate surface area is 262 Å². The highest BCUT2D eigenvalue weighted by molar-refractivity contribution is 8.00. The lowest BCUT2D eigenvalue weighted by molar-refractivity contribution is -0.137. The number of imide groups is 1. The van der Waals surface area contributed by atoms with Crippen LogP contribution in [0.15, 0.2) is 82.6 Å². The number of hydrogen-bond donors (Lipinski definition) is 1. The van der Waals surface area contributed by atoms with Gasteiger partial charge in [-0.1, -0.05) is 47.4 Å². The number of para-hydroxylation sites is 1. The minimum atomic E-state index is -4.82. The molecule has 8 nitrogen and oxygen atoms in total. The minimum Gasteiger partial charge on any atom is -0.378 e. The highest BCUT2D eigenvalue weighted by Crippen LogP contribution is 2.54. The highest BCUT2D eigenvalue weighted by atomic mass is 32.2. The molecule has 4 aromatic rings. The summed E-state index contributed by atoms with van der Waals surface area (Å²) in [6.45, 7) is -0.443. The number of benzene rings is 3. The van der Waals surface area contributed by atoms with E-state index in [1.165, 1.54) is 41.0 Å². The summed E-state index contributed by atoms with van der Waals surface area (Å²) < 4.78 is 56.5. The van der Waals surface area contributed by atoms with Gasteiger partial charge in [0.15, 0.2) is 0 Å². The molecule has 3 unspecified atom stereocenters. The number of anilines is 3. The molecule has 0 radical (unpaired) electrons. The van der Waals surface area contributed by atoms with Crippen LogP contribution in [0, 0.1) is 11.7 Å². The van der Waals surface area contributed by atoms with Crippen LogP contribution < -0.4 is 20.0 Å². The minimum absolute atomic E-state index is 0.286. The highest BCUT2D eigenvalue weighted by Gasteiger charge is 2.57. The maximum atomic E-state index is 14.0. The Balaban J connectivity index is 1.43. The van der Waals surface area contributed by atoms with Gasteiger partial charge >= 0.3 is 11.0 Å². The second-order valence-corrected chi connectivity index (χ2v) is 12.9. The van der Waals surface area contributed by atoms with Crippen LogP contribution in [0.2, 0.25) is 0 Å². The number of carbonyl (C=O) groups is 3. The van der Waals surface area contributed by atoms with Crippen molar-refractivity contribution in [1.29, 1.82) is 0 Å². The first-order chi connectivity index (χ1) is 21.3. The van der Waals surface area contributed by atoms with Crippen LogP contribution in [0.25, 0.3) is 0 Å². The van der Waals surface area contributed by atoms with E-state index < -0.39 is 69.5 Å². The second-order valence-electron chi connectivity index (χ2n) is 10.7. The number of thiazole rings is 1. The lowest BCUT2D eigenvalue weighted by Gasteiger charge is -2.31. The third kappa shape index (κ3) is 5.52. The van der Waals surface area contributed by atoms with Gasteiger partial charge in [0.05, 0.1) is 22.2 Å². The van der Waals surface area contributed by atoms with Gasteiger partial charge in [-0.25, -0.2) is 9.29 Å². The predicted molar refractivity (Wildman–Crippen MR) is 163 cm³/mol. The number of nitrogens with one attached hydrogen (secondary N) is 1. The van der Waals surface area contributed by atoms with Crippen LogP contribution in [0.1, 0.15) is 21.9 Å². The van der Waals surface area contributed by atoms with Crippen molar-refractivity contribution in [3.8, 4) is 0 Å². The average molecular weight is 657 g/mol. The van der Waals surface area contributed by atoms with E-state index in [2.05, 4.69) is 5.32 Å². The maximum Gasteiger partial charge on any atom is 0.418 e. The molecule has 0 saturated carbocycles. The fourth-order valence-electron chi connectivity index (χ4n) is 5.62. The van der Waals surface area contributed by atoms with E-state index >= 15 is 0 Å². The summed E-state index contributed by atoms with van der Waals surface area (Å²) in [5, 5.41) is 1.73. The zero-order valence-electron chi connectivity index (χ0n) is 23.7. The lowest BCUT2D eigenvalue weighted by atomic mass is 9.83. The van der Waals surface area contributed by atoms with Gasteiger partial charge in [-0.05, 0) is 54.1 Å². The molecular formula is C31H24F4N4O4S2. The van der Waals surface area contributed by atoms with E-state index in [9.17, 15) is 36.7 Å². The first-order valence-corrected chi connectivity index (χ1v) is 15.3. The van der Waals surface area contributed by atoms with Gasteiger partial charge < -0.3 is 10.2 Å². The summed E-state index contributed by atoms with van der Waals surface area (Å²) in [6.07, 6.45) is -4.82. The number of thioether (sulfide) groups is 1. The van der Waals surface area contributed by atoms with Gasteiger partial charge in [-0.2, -0.15) is 13.2 Å². The van der Waals surface area contributed by atoms with Gasteiger partial charge in [0.2, 0.25) is 17.7 Å². The zero-order chi connectivity index (χ0) is 32.2. The Kier molecular flexibility index (Phi) is 7.81. The van der Waals surface area contributed by atoms with Crippen molar-refractivity contribution >= 4 is 57.9 Å². The first kappa shape index (κ1) is 30.6. The van der Waals surface area contributed by atoms with Crippen molar-refractivity contribution in [2.24, 2.45) is 5.92 Å². The van der Waals surface area contributed by atoms with Crippen LogP contribution >= 0.6 is 23.1 Å². The monoisotopic (exact) mass is 656 g/mol. The molecule has 1 N–H and O–H groups in total. The summed E-state index contributed by atoms with van der Waals surface area (Å²) >= 11 is 1.72. The number of fused-ring (bicyclic) bond motifs is 2. The van der Waals surface area contributed by atoms with Crippen molar-refractivity contribution in [3.63, 3.8) is 0 Å². The van der Waals surface area contributed by atoms with E-state index in [1.807, 2.05) is 19.0 Å². The number of nitrogens with zero attached hydrogens (tertiary/aromatic N) is 3. The standard InChI is InChI=1S/C31H24F4N4O4S2/c1-37(2)19-13-7-16(8-14-19)23-24-25(28(42)39(27(24)41)21-6-4-3-5-20(21)31(33,34)35)44-29-26(23)45-30(43)38(29)15-22(40)36-18-11-9-17(32)10-12-18/h3-14,23-25H,15H2,1-2H3,(H,36,40). The van der Waals surface area contributed by atoms with Crippen molar-refractivity contribution < 1.29 is 31.9 Å². The first-order valence-electron chi connectivity index (χ1n) is 13.6. The third-order valence-corrected chi connectivity index (χ3v) is 10.3. The molecule has 2 aliphatic heterocycles. The molecule has 1 saturated heterocycles. The normalized spacial score (nSPS) is 19.3. The second kappa shape index (κ2) is 11.5. The van der Waals surface area contributed by atoms with E-state index in [-0.39, 0.29) is 5.03 Å². The molecule has 14 heteroatoms. The number of carbonyl (C=O) groups excluding carboxylic acids is 3. The topological polar surface area (TPSA) is 91.7 Å². The lowest BCUT2D eigenvalue weighted by Crippen LogP contribution is -2.33. The summed E-state index contributed by atoms with van der Waals surface area (Å²) in [5.74, 6) is -4.68. The Bertz CT molecular complexity index is 1870. The zero-order valence-corrected chi connectivity index (χ0v) is 25.3. The number of rotatable bonds is 6. The fraction of sp³-hybridized carbons (Fsp3) is 0.226. The van der Waals surface area contributed by atoms with E-state index in [4.69, 9.17) is 0 Å². The summed E-state index contributed by atoms with van der Waals surface area (Å²) in [5.41, 5.74) is 0.0649. The predicted octanol–water partition coefficient (Wildman–Crippen LogP) is 5.57. The summed E-state index contributed by atoms with van der Waals surface area (Å²) in [6, 6.07) is 16.6. The Morgan fingerprint density at radius 1 is 0.933 bits per heavy atom. The Morgan fingerprint density at radius 2 is 1.60 bits per heavy atom. The molecule has 3 atom stereocenters. The molecule has 2 aliphatic rings. The molecule has 6 rings (SSSR count). The quantitative estimate of drug-likeness (QED) is 0.216. The molecule has 3 amide bonds. The van der Waals surface area contributed by atoms with Crippen molar-refractivity contribution in [2.45, 2.75) is 28.9 Å². The SMILES string of the molecule is CN(C)c1ccc(C2c3sc(=O)n(CC(=O)Nc4ccc(F)cc4)c3SC3C(=O)N(c4ccccc4C(F)(F)F)C(=O)C32)cc1. The summed E-state index contributed by atoms with van der Waals surface area (Å²) in [4.78, 5) is 56.6. The van der Waals surface area contributed by atoms with Gasteiger partial charge in [-0.3, -0.25) is 23.7 Å². The average Bonchev–Trinajstić information content (AvgIpc) is 3.44. The third-order valence-electron chi connectivity index (χ3n) is 7.70. The van der Waals surface area contributed by atoms with Gasteiger partial charge in [0.1, 0.15) is 17.6 Å². The molecule has 0 spiro atoms. The largest absolute Gasteiger partial charge is 0.418 e. The van der Waals surface area contributed by atoms with E-state index in [0.717, 1.165) is 40.9 Å². The van der Waals surface area contributed by atoms with Crippen LogP contribution in [-0.4, -0.2) is 41.6 Å². The van der Waals surface area contributed by atoms with Crippen LogP contribution in [-0.2, 0) is 27.1 Å². The van der Waals surface area contributed by atoms with Crippen LogP contribution in [0.3, 0.4) is 0 Å². The number of hydrogen-bond acceptors (Lipinski definition) is 7. The number of amides is 3. The number of alkyl halides is 3. The van der Waals surface area contributed by atoms with Gasteiger partial charge in [0.25, 0.3) is 0 Å². The number of aromatic nitrogens is 1. The fourth-order valence-corrected chi connectivity index (χ4v) is 8.39. The maximum absolute atomic E-state index is 14.0. The van der Waals surface area contributed by atoms with Crippen molar-refractivity contribution in [2.75, 3.05) is 29.2 Å². The molecule has 0 bridgehead atoms. The molecule has 1 fully saturated rings. The molecule has 3 heterocycles. The molecule has 232 valence electrons.